The fraction of sp³-hybridized carbons (Fsp3) is 0.364. The van der Waals surface area contributed by atoms with Crippen molar-refractivity contribution >= 4 is 32.5 Å². The number of carbonyl (C=O) groups is 1. The molecule has 0 saturated carbocycles. The van der Waals surface area contributed by atoms with Crippen molar-refractivity contribution in [2.24, 2.45) is 5.92 Å². The van der Waals surface area contributed by atoms with Gasteiger partial charge in [-0.3, -0.25) is 9.89 Å². The number of anilines is 1. The van der Waals surface area contributed by atoms with Crippen molar-refractivity contribution in [2.45, 2.75) is 38.5 Å². The SMILES string of the molecule is Cc1cc(C(=O)Nc2cccc3cn[nH]c23)cc(S(=O)(=O)N2CCC(C)CC2)c1C. The molecule has 1 saturated heterocycles. The number of hydrogen-bond acceptors (Lipinski definition) is 4. The summed E-state index contributed by atoms with van der Waals surface area (Å²) in [7, 11) is -3.66. The molecule has 3 aromatic rings. The maximum atomic E-state index is 13.3. The summed E-state index contributed by atoms with van der Waals surface area (Å²) in [5.74, 6) is 0.172. The maximum absolute atomic E-state index is 13.3. The molecule has 0 atom stereocenters. The second kappa shape index (κ2) is 7.85. The first-order chi connectivity index (χ1) is 14.3. The van der Waals surface area contributed by atoms with Gasteiger partial charge in [-0.2, -0.15) is 9.40 Å². The molecule has 1 aliphatic rings. The number of aromatic nitrogens is 2. The first-order valence-electron chi connectivity index (χ1n) is 10.1. The molecule has 4 rings (SSSR count). The average Bonchev–Trinajstić information content (AvgIpc) is 3.20. The summed E-state index contributed by atoms with van der Waals surface area (Å²) < 4.78 is 28.2. The van der Waals surface area contributed by atoms with E-state index in [9.17, 15) is 13.2 Å². The van der Waals surface area contributed by atoms with Crippen LogP contribution in [0.3, 0.4) is 0 Å². The largest absolute Gasteiger partial charge is 0.320 e. The quantitative estimate of drug-likeness (QED) is 0.662. The number of rotatable bonds is 4. The van der Waals surface area contributed by atoms with Crippen LogP contribution in [0.25, 0.3) is 10.9 Å². The van der Waals surface area contributed by atoms with Gasteiger partial charge in [0.25, 0.3) is 5.91 Å². The summed E-state index contributed by atoms with van der Waals surface area (Å²) in [5.41, 5.74) is 3.10. The lowest BCUT2D eigenvalue weighted by atomic mass is 10.0. The molecule has 30 heavy (non-hydrogen) atoms. The summed E-state index contributed by atoms with van der Waals surface area (Å²) in [6, 6.07) is 8.75. The van der Waals surface area contributed by atoms with E-state index in [4.69, 9.17) is 0 Å². The molecule has 1 fully saturated rings. The molecular formula is C22H26N4O3S. The summed E-state index contributed by atoms with van der Waals surface area (Å²) >= 11 is 0. The lowest BCUT2D eigenvalue weighted by Crippen LogP contribution is -2.38. The van der Waals surface area contributed by atoms with Crippen LogP contribution in [0.5, 0.6) is 0 Å². The minimum atomic E-state index is -3.66. The van der Waals surface area contributed by atoms with Crippen molar-refractivity contribution in [3.05, 3.63) is 53.2 Å². The van der Waals surface area contributed by atoms with E-state index in [0.717, 1.165) is 29.3 Å². The van der Waals surface area contributed by atoms with Gasteiger partial charge >= 0.3 is 0 Å². The highest BCUT2D eigenvalue weighted by Crippen LogP contribution is 2.29. The summed E-state index contributed by atoms with van der Waals surface area (Å²) in [6.45, 7) is 6.80. The third-order valence-corrected chi connectivity index (χ3v) is 7.99. The number of carbonyl (C=O) groups excluding carboxylic acids is 1. The van der Waals surface area contributed by atoms with Gasteiger partial charge in [-0.1, -0.05) is 19.1 Å². The van der Waals surface area contributed by atoms with Gasteiger partial charge in [0.1, 0.15) is 0 Å². The van der Waals surface area contributed by atoms with E-state index in [0.29, 0.717) is 35.8 Å². The number of aromatic amines is 1. The number of hydrogen-bond donors (Lipinski definition) is 2. The van der Waals surface area contributed by atoms with E-state index in [1.54, 1.807) is 29.6 Å². The van der Waals surface area contributed by atoms with E-state index in [-0.39, 0.29) is 10.8 Å². The van der Waals surface area contributed by atoms with Crippen LogP contribution in [-0.2, 0) is 10.0 Å². The number of benzene rings is 2. The van der Waals surface area contributed by atoms with Gasteiger partial charge in [0.15, 0.2) is 0 Å². The standard InChI is InChI=1S/C22H26N4O3S/c1-14-7-9-26(10-8-14)30(28,29)20-12-18(11-15(2)16(20)3)22(27)24-19-6-4-5-17-13-23-25-21(17)19/h4-6,11-14H,7-10H2,1-3H3,(H,23,25)(H,24,27). The first-order valence-corrected chi connectivity index (χ1v) is 11.6. The monoisotopic (exact) mass is 426 g/mol. The minimum Gasteiger partial charge on any atom is -0.320 e. The highest BCUT2D eigenvalue weighted by Gasteiger charge is 2.30. The van der Waals surface area contributed by atoms with E-state index in [2.05, 4.69) is 22.4 Å². The van der Waals surface area contributed by atoms with E-state index in [1.165, 1.54) is 6.07 Å². The van der Waals surface area contributed by atoms with Crippen LogP contribution in [-0.4, -0.2) is 41.9 Å². The van der Waals surface area contributed by atoms with Gasteiger partial charge in [-0.05, 0) is 61.9 Å². The zero-order valence-corrected chi connectivity index (χ0v) is 18.2. The number of fused-ring (bicyclic) bond motifs is 1. The van der Waals surface area contributed by atoms with E-state index in [1.807, 2.05) is 19.1 Å². The minimum absolute atomic E-state index is 0.210. The fourth-order valence-corrected chi connectivity index (χ4v) is 5.65. The summed E-state index contributed by atoms with van der Waals surface area (Å²) in [6.07, 6.45) is 3.39. The lowest BCUT2D eigenvalue weighted by molar-refractivity contribution is 0.102. The Bertz CT molecular complexity index is 1210. The molecule has 7 nitrogen and oxygen atoms in total. The van der Waals surface area contributed by atoms with Crippen LogP contribution >= 0.6 is 0 Å². The van der Waals surface area contributed by atoms with Crippen molar-refractivity contribution in [3.8, 4) is 0 Å². The number of nitrogens with one attached hydrogen (secondary N) is 2. The van der Waals surface area contributed by atoms with Crippen LogP contribution in [0.15, 0.2) is 41.4 Å². The average molecular weight is 427 g/mol. The molecule has 2 N–H and O–H groups in total. The highest BCUT2D eigenvalue weighted by atomic mass is 32.2. The van der Waals surface area contributed by atoms with Crippen molar-refractivity contribution < 1.29 is 13.2 Å². The summed E-state index contributed by atoms with van der Waals surface area (Å²) in [4.78, 5) is 13.2. The van der Waals surface area contributed by atoms with Crippen LogP contribution in [0.2, 0.25) is 0 Å². The number of nitrogens with zero attached hydrogens (tertiary/aromatic N) is 2. The Balaban J connectivity index is 1.67. The van der Waals surface area contributed by atoms with Crippen molar-refractivity contribution in [2.75, 3.05) is 18.4 Å². The maximum Gasteiger partial charge on any atom is 0.255 e. The van der Waals surface area contributed by atoms with Gasteiger partial charge in [0.05, 0.1) is 22.3 Å². The molecule has 1 aliphatic heterocycles. The number of sulfonamides is 1. The topological polar surface area (TPSA) is 95.2 Å². The Morgan fingerprint density at radius 2 is 1.93 bits per heavy atom. The third-order valence-electron chi connectivity index (χ3n) is 5.97. The predicted molar refractivity (Wildman–Crippen MR) is 117 cm³/mol. The Morgan fingerprint density at radius 3 is 2.67 bits per heavy atom. The molecule has 0 radical (unpaired) electrons. The van der Waals surface area contributed by atoms with Gasteiger partial charge in [0, 0.05) is 24.0 Å². The molecule has 0 unspecified atom stereocenters. The fourth-order valence-electron chi connectivity index (χ4n) is 3.86. The molecule has 2 aromatic carbocycles. The van der Waals surface area contributed by atoms with Crippen molar-refractivity contribution in [1.82, 2.24) is 14.5 Å². The lowest BCUT2D eigenvalue weighted by Gasteiger charge is -2.30. The first kappa shape index (κ1) is 20.6. The van der Waals surface area contributed by atoms with Crippen molar-refractivity contribution in [3.63, 3.8) is 0 Å². The Labute approximate surface area is 176 Å². The molecular weight excluding hydrogens is 400 g/mol. The second-order valence-electron chi connectivity index (χ2n) is 8.10. The smallest absolute Gasteiger partial charge is 0.255 e. The van der Waals surface area contributed by atoms with E-state index >= 15 is 0 Å². The van der Waals surface area contributed by atoms with Gasteiger partial charge < -0.3 is 5.32 Å². The number of aryl methyl sites for hydroxylation is 1. The molecule has 0 aliphatic carbocycles. The van der Waals surface area contributed by atoms with Crippen LogP contribution < -0.4 is 5.32 Å². The molecule has 158 valence electrons. The zero-order chi connectivity index (χ0) is 21.5. The van der Waals surface area contributed by atoms with E-state index < -0.39 is 10.0 Å². The number of amides is 1. The Kier molecular flexibility index (Phi) is 5.38. The van der Waals surface area contributed by atoms with Crippen LogP contribution in [0, 0.1) is 19.8 Å². The molecule has 1 aromatic heterocycles. The predicted octanol–water partition coefficient (Wildman–Crippen LogP) is 3.85. The van der Waals surface area contributed by atoms with Crippen molar-refractivity contribution in [1.29, 1.82) is 0 Å². The molecule has 2 heterocycles. The number of H-pyrrole nitrogens is 1. The van der Waals surface area contributed by atoms with Gasteiger partial charge in [-0.25, -0.2) is 8.42 Å². The van der Waals surface area contributed by atoms with Crippen LogP contribution in [0.1, 0.15) is 41.3 Å². The number of para-hydroxylation sites is 1. The Morgan fingerprint density at radius 1 is 1.20 bits per heavy atom. The molecule has 0 bridgehead atoms. The molecule has 0 spiro atoms. The third kappa shape index (κ3) is 3.73. The van der Waals surface area contributed by atoms with Gasteiger partial charge in [-0.15, -0.1) is 0 Å². The molecule has 8 heteroatoms. The highest BCUT2D eigenvalue weighted by molar-refractivity contribution is 7.89. The Hall–Kier alpha value is -2.71. The zero-order valence-electron chi connectivity index (χ0n) is 17.4. The molecule has 1 amide bonds. The van der Waals surface area contributed by atoms with Gasteiger partial charge in [0.2, 0.25) is 10.0 Å². The summed E-state index contributed by atoms with van der Waals surface area (Å²) in [5, 5.41) is 10.7. The normalized spacial score (nSPS) is 16.1. The van der Waals surface area contributed by atoms with Crippen LogP contribution in [0.4, 0.5) is 5.69 Å². The number of piperidine rings is 1. The second-order valence-corrected chi connectivity index (χ2v) is 10.0.